The molecule has 0 amide bonds. The highest BCUT2D eigenvalue weighted by molar-refractivity contribution is 5.56. The quantitative estimate of drug-likeness (QED) is 0.619. The maximum absolute atomic E-state index is 12.6. The van der Waals surface area contributed by atoms with Crippen LogP contribution in [0.3, 0.4) is 0 Å². The summed E-state index contributed by atoms with van der Waals surface area (Å²) in [5.41, 5.74) is -0.0774. The molecule has 1 nitrogen and oxygen atoms in total. The summed E-state index contributed by atoms with van der Waals surface area (Å²) in [5, 5.41) is 8.74. The molecule has 0 saturated carbocycles. The second-order valence-electron chi connectivity index (χ2n) is 2.07. The van der Waals surface area contributed by atoms with Gasteiger partial charge in [-0.1, -0.05) is 6.58 Å². The zero-order valence-corrected chi connectivity index (χ0v) is 5.64. The smallest absolute Gasteiger partial charge is 0.137 e. The number of aliphatic hydroxyl groups is 1. The molecule has 0 atom stereocenters. The third-order valence-electron chi connectivity index (χ3n) is 1.24. The zero-order valence-electron chi connectivity index (χ0n) is 5.64. The Labute approximate surface area is 62.6 Å². The van der Waals surface area contributed by atoms with Crippen molar-refractivity contribution in [3.8, 4) is 0 Å². The van der Waals surface area contributed by atoms with Gasteiger partial charge in [0.05, 0.1) is 5.56 Å². The highest BCUT2D eigenvalue weighted by Gasteiger charge is 2.04. The lowest BCUT2D eigenvalue weighted by atomic mass is 10.2. The van der Waals surface area contributed by atoms with Crippen LogP contribution in [-0.2, 0) is 0 Å². The fourth-order valence-corrected chi connectivity index (χ4v) is 0.724. The molecular formula is C8H6F2O. The molecular weight excluding hydrogens is 150 g/mol. The number of rotatable bonds is 1. The Hall–Kier alpha value is -1.38. The lowest BCUT2D eigenvalue weighted by Gasteiger charge is -1.98. The monoisotopic (exact) mass is 156 g/mol. The minimum absolute atomic E-state index is 0.0774. The molecule has 1 aromatic carbocycles. The first kappa shape index (κ1) is 7.72. The van der Waals surface area contributed by atoms with E-state index >= 15 is 0 Å². The molecule has 0 heterocycles. The van der Waals surface area contributed by atoms with E-state index in [0.717, 1.165) is 12.1 Å². The molecule has 1 N–H and O–H groups in total. The van der Waals surface area contributed by atoms with Crippen LogP contribution >= 0.6 is 0 Å². The predicted molar refractivity (Wildman–Crippen MR) is 38.0 cm³/mol. The SMILES string of the molecule is C=C(O)c1ccc(F)cc1F. The van der Waals surface area contributed by atoms with E-state index in [1.165, 1.54) is 0 Å². The van der Waals surface area contributed by atoms with Crippen LogP contribution in [0.25, 0.3) is 5.76 Å². The Morgan fingerprint density at radius 3 is 2.45 bits per heavy atom. The average molecular weight is 156 g/mol. The van der Waals surface area contributed by atoms with E-state index in [4.69, 9.17) is 5.11 Å². The summed E-state index contributed by atoms with van der Waals surface area (Å²) in [6, 6.07) is 2.88. The van der Waals surface area contributed by atoms with E-state index in [1.54, 1.807) is 0 Å². The fraction of sp³-hybridized carbons (Fsp3) is 0. The van der Waals surface area contributed by atoms with Crippen molar-refractivity contribution in [2.45, 2.75) is 0 Å². The third-order valence-corrected chi connectivity index (χ3v) is 1.24. The number of hydrogen-bond acceptors (Lipinski definition) is 1. The normalized spacial score (nSPS) is 9.64. The Morgan fingerprint density at radius 1 is 1.36 bits per heavy atom. The number of hydrogen-bond donors (Lipinski definition) is 1. The maximum Gasteiger partial charge on any atom is 0.137 e. The molecule has 0 aromatic heterocycles. The summed E-state index contributed by atoms with van der Waals surface area (Å²) in [5.74, 6) is -1.88. The van der Waals surface area contributed by atoms with Gasteiger partial charge in [0.15, 0.2) is 0 Å². The first-order valence-corrected chi connectivity index (χ1v) is 2.94. The molecule has 1 aromatic rings. The summed E-state index contributed by atoms with van der Waals surface area (Å²) in [6.07, 6.45) is 0. The lowest BCUT2D eigenvalue weighted by Crippen LogP contribution is -1.88. The summed E-state index contributed by atoms with van der Waals surface area (Å²) in [4.78, 5) is 0. The van der Waals surface area contributed by atoms with Crippen LogP contribution in [0.4, 0.5) is 8.78 Å². The summed E-state index contributed by atoms with van der Waals surface area (Å²) in [7, 11) is 0. The van der Waals surface area contributed by atoms with Gasteiger partial charge in [-0.2, -0.15) is 0 Å². The fourth-order valence-electron chi connectivity index (χ4n) is 0.724. The molecule has 58 valence electrons. The topological polar surface area (TPSA) is 20.2 Å². The van der Waals surface area contributed by atoms with Crippen LogP contribution in [0, 0.1) is 11.6 Å². The molecule has 3 heteroatoms. The second-order valence-corrected chi connectivity index (χ2v) is 2.07. The number of benzene rings is 1. The molecule has 0 aliphatic carbocycles. The van der Waals surface area contributed by atoms with E-state index in [0.29, 0.717) is 6.07 Å². The van der Waals surface area contributed by atoms with E-state index in [2.05, 4.69) is 6.58 Å². The van der Waals surface area contributed by atoms with Crippen molar-refractivity contribution in [2.24, 2.45) is 0 Å². The van der Waals surface area contributed by atoms with Crippen molar-refractivity contribution in [3.63, 3.8) is 0 Å². The molecule has 0 aliphatic heterocycles. The van der Waals surface area contributed by atoms with Crippen molar-refractivity contribution in [1.29, 1.82) is 0 Å². The van der Waals surface area contributed by atoms with Crippen molar-refractivity contribution >= 4 is 5.76 Å². The average Bonchev–Trinajstić information content (AvgIpc) is 1.85. The Bertz CT molecular complexity index is 294. The Kier molecular flexibility index (Phi) is 1.89. The molecule has 11 heavy (non-hydrogen) atoms. The number of aliphatic hydroxyl groups excluding tert-OH is 1. The minimum Gasteiger partial charge on any atom is -0.508 e. The predicted octanol–water partition coefficient (Wildman–Crippen LogP) is 2.49. The van der Waals surface area contributed by atoms with Gasteiger partial charge in [0.1, 0.15) is 17.4 Å². The van der Waals surface area contributed by atoms with E-state index in [9.17, 15) is 8.78 Å². The van der Waals surface area contributed by atoms with Gasteiger partial charge in [-0.15, -0.1) is 0 Å². The van der Waals surface area contributed by atoms with Gasteiger partial charge >= 0.3 is 0 Å². The van der Waals surface area contributed by atoms with Crippen LogP contribution in [0.1, 0.15) is 5.56 Å². The lowest BCUT2D eigenvalue weighted by molar-refractivity contribution is 0.502. The molecule has 0 saturated heterocycles. The molecule has 0 fully saturated rings. The van der Waals surface area contributed by atoms with Crippen LogP contribution in [0.2, 0.25) is 0 Å². The second kappa shape index (κ2) is 2.70. The van der Waals surface area contributed by atoms with Crippen molar-refractivity contribution in [3.05, 3.63) is 42.0 Å². The Morgan fingerprint density at radius 2 is 2.00 bits per heavy atom. The van der Waals surface area contributed by atoms with Gasteiger partial charge < -0.3 is 5.11 Å². The van der Waals surface area contributed by atoms with Crippen molar-refractivity contribution < 1.29 is 13.9 Å². The largest absolute Gasteiger partial charge is 0.508 e. The number of halogens is 2. The first-order chi connectivity index (χ1) is 5.11. The Balaban J connectivity index is 3.20. The van der Waals surface area contributed by atoms with Gasteiger partial charge in [-0.3, -0.25) is 0 Å². The van der Waals surface area contributed by atoms with Gasteiger partial charge in [0, 0.05) is 6.07 Å². The van der Waals surface area contributed by atoms with Crippen LogP contribution in [0.15, 0.2) is 24.8 Å². The first-order valence-electron chi connectivity index (χ1n) is 2.94. The van der Waals surface area contributed by atoms with Gasteiger partial charge in [0.2, 0.25) is 0 Å². The maximum atomic E-state index is 12.6. The van der Waals surface area contributed by atoms with Gasteiger partial charge in [-0.05, 0) is 12.1 Å². The highest BCUT2D eigenvalue weighted by Crippen LogP contribution is 2.14. The zero-order chi connectivity index (χ0) is 8.43. The molecule has 0 radical (unpaired) electrons. The van der Waals surface area contributed by atoms with Crippen LogP contribution in [-0.4, -0.2) is 5.11 Å². The van der Waals surface area contributed by atoms with Crippen molar-refractivity contribution in [1.82, 2.24) is 0 Å². The molecule has 0 aliphatic rings. The summed E-state index contributed by atoms with van der Waals surface area (Å²) in [6.45, 7) is 3.11. The van der Waals surface area contributed by atoms with Crippen molar-refractivity contribution in [2.75, 3.05) is 0 Å². The molecule has 0 unspecified atom stereocenters. The van der Waals surface area contributed by atoms with E-state index < -0.39 is 17.4 Å². The van der Waals surface area contributed by atoms with E-state index in [1.807, 2.05) is 0 Å². The summed E-state index contributed by atoms with van der Waals surface area (Å²) < 4.78 is 24.9. The molecule has 1 rings (SSSR count). The van der Waals surface area contributed by atoms with E-state index in [-0.39, 0.29) is 5.56 Å². The summed E-state index contributed by atoms with van der Waals surface area (Å²) >= 11 is 0. The van der Waals surface area contributed by atoms with Gasteiger partial charge in [0.25, 0.3) is 0 Å². The van der Waals surface area contributed by atoms with Gasteiger partial charge in [-0.25, -0.2) is 8.78 Å². The molecule has 0 bridgehead atoms. The van der Waals surface area contributed by atoms with Crippen LogP contribution < -0.4 is 0 Å². The van der Waals surface area contributed by atoms with Crippen LogP contribution in [0.5, 0.6) is 0 Å². The molecule has 0 spiro atoms. The minimum atomic E-state index is -0.808. The third kappa shape index (κ3) is 1.55. The standard InChI is InChI=1S/C8H6F2O/c1-5(11)7-3-2-6(9)4-8(7)10/h2-4,11H,1H2. The highest BCUT2D eigenvalue weighted by atomic mass is 19.1.